The zero-order valence-electron chi connectivity index (χ0n) is 10.7. The largest absolute Gasteiger partial charge is 0.377 e. The van der Waals surface area contributed by atoms with Crippen LogP contribution in [0.15, 0.2) is 24.3 Å². The Kier molecular flexibility index (Phi) is 4.90. The number of anilines is 1. The van der Waals surface area contributed by atoms with Crippen molar-refractivity contribution in [3.8, 4) is 6.07 Å². The van der Waals surface area contributed by atoms with Gasteiger partial charge in [-0.2, -0.15) is 5.26 Å². The lowest BCUT2D eigenvalue weighted by atomic mass is 10.2. The number of rotatable bonds is 5. The van der Waals surface area contributed by atoms with Crippen molar-refractivity contribution in [3.63, 3.8) is 0 Å². The monoisotopic (exact) mass is 259 g/mol. The number of amides is 1. The minimum Gasteiger partial charge on any atom is -0.377 e. The fraction of sp³-hybridized carbons (Fsp3) is 0.429. The van der Waals surface area contributed by atoms with Crippen LogP contribution in [0.5, 0.6) is 0 Å². The predicted molar refractivity (Wildman–Crippen MR) is 71.6 cm³/mol. The van der Waals surface area contributed by atoms with Gasteiger partial charge in [-0.3, -0.25) is 4.79 Å². The molecule has 19 heavy (non-hydrogen) atoms. The minimum absolute atomic E-state index is 0.0947. The molecule has 1 amide bonds. The van der Waals surface area contributed by atoms with E-state index in [-0.39, 0.29) is 18.6 Å². The van der Waals surface area contributed by atoms with Gasteiger partial charge in [0.05, 0.1) is 24.3 Å². The SMILES string of the molecule is N#Cc1ccc(NC(=O)CNCC2CCCO2)cc1. The van der Waals surface area contributed by atoms with Crippen LogP contribution in [0.3, 0.4) is 0 Å². The van der Waals surface area contributed by atoms with Crippen LogP contribution < -0.4 is 10.6 Å². The molecule has 1 aromatic rings. The molecule has 2 rings (SSSR count). The van der Waals surface area contributed by atoms with Gasteiger partial charge < -0.3 is 15.4 Å². The molecule has 1 saturated heterocycles. The molecule has 1 fully saturated rings. The van der Waals surface area contributed by atoms with Crippen molar-refractivity contribution in [1.82, 2.24) is 5.32 Å². The molecule has 0 aliphatic carbocycles. The second-order valence-corrected chi connectivity index (χ2v) is 4.50. The Morgan fingerprint density at radius 2 is 2.21 bits per heavy atom. The van der Waals surface area contributed by atoms with Crippen molar-refractivity contribution < 1.29 is 9.53 Å². The van der Waals surface area contributed by atoms with Gasteiger partial charge in [0.15, 0.2) is 0 Å². The lowest BCUT2D eigenvalue weighted by Crippen LogP contribution is -2.33. The van der Waals surface area contributed by atoms with Gasteiger partial charge in [-0.15, -0.1) is 0 Å². The van der Waals surface area contributed by atoms with Crippen LogP contribution in [0.1, 0.15) is 18.4 Å². The van der Waals surface area contributed by atoms with Gasteiger partial charge in [0, 0.05) is 18.8 Å². The van der Waals surface area contributed by atoms with E-state index >= 15 is 0 Å². The zero-order chi connectivity index (χ0) is 13.5. The van der Waals surface area contributed by atoms with Crippen molar-refractivity contribution in [1.29, 1.82) is 5.26 Å². The molecule has 1 unspecified atom stereocenters. The van der Waals surface area contributed by atoms with Gasteiger partial charge in [0.25, 0.3) is 0 Å². The number of carbonyl (C=O) groups is 1. The highest BCUT2D eigenvalue weighted by atomic mass is 16.5. The summed E-state index contributed by atoms with van der Waals surface area (Å²) >= 11 is 0. The van der Waals surface area contributed by atoms with E-state index in [1.807, 2.05) is 6.07 Å². The maximum Gasteiger partial charge on any atom is 0.238 e. The predicted octanol–water partition coefficient (Wildman–Crippen LogP) is 1.27. The topological polar surface area (TPSA) is 74.2 Å². The molecule has 5 nitrogen and oxygen atoms in total. The first-order valence-electron chi connectivity index (χ1n) is 6.40. The van der Waals surface area contributed by atoms with Gasteiger partial charge in [-0.05, 0) is 37.1 Å². The van der Waals surface area contributed by atoms with E-state index in [2.05, 4.69) is 10.6 Å². The normalized spacial score (nSPS) is 17.9. The molecule has 5 heteroatoms. The van der Waals surface area contributed by atoms with Crippen LogP contribution in [0.2, 0.25) is 0 Å². The Morgan fingerprint density at radius 3 is 2.84 bits per heavy atom. The van der Waals surface area contributed by atoms with E-state index < -0.39 is 0 Å². The maximum absolute atomic E-state index is 11.7. The van der Waals surface area contributed by atoms with Crippen LogP contribution in [0.4, 0.5) is 5.69 Å². The van der Waals surface area contributed by atoms with E-state index in [0.717, 1.165) is 19.4 Å². The summed E-state index contributed by atoms with van der Waals surface area (Å²) in [5.41, 5.74) is 1.28. The molecule has 0 bridgehead atoms. The molecule has 0 saturated carbocycles. The number of nitrogens with zero attached hydrogens (tertiary/aromatic N) is 1. The van der Waals surface area contributed by atoms with E-state index in [4.69, 9.17) is 10.00 Å². The smallest absolute Gasteiger partial charge is 0.238 e. The van der Waals surface area contributed by atoms with Gasteiger partial charge in [0.1, 0.15) is 0 Å². The average Bonchev–Trinajstić information content (AvgIpc) is 2.93. The van der Waals surface area contributed by atoms with Crippen LogP contribution in [0.25, 0.3) is 0 Å². The van der Waals surface area contributed by atoms with E-state index in [1.165, 1.54) is 0 Å². The van der Waals surface area contributed by atoms with Crippen molar-refractivity contribution >= 4 is 11.6 Å². The highest BCUT2D eigenvalue weighted by Crippen LogP contribution is 2.10. The van der Waals surface area contributed by atoms with E-state index in [1.54, 1.807) is 24.3 Å². The molecule has 1 atom stereocenters. The van der Waals surface area contributed by atoms with Crippen molar-refractivity contribution in [2.24, 2.45) is 0 Å². The molecular formula is C14H17N3O2. The number of hydrogen-bond donors (Lipinski definition) is 2. The molecule has 1 heterocycles. The minimum atomic E-state index is -0.0947. The molecule has 2 N–H and O–H groups in total. The lowest BCUT2D eigenvalue weighted by Gasteiger charge is -2.10. The third-order valence-electron chi connectivity index (χ3n) is 2.98. The zero-order valence-corrected chi connectivity index (χ0v) is 10.7. The average molecular weight is 259 g/mol. The van der Waals surface area contributed by atoms with Crippen LogP contribution in [0, 0.1) is 11.3 Å². The summed E-state index contributed by atoms with van der Waals surface area (Å²) in [6.45, 7) is 1.80. The first-order valence-corrected chi connectivity index (χ1v) is 6.40. The summed E-state index contributed by atoms with van der Waals surface area (Å²) in [7, 11) is 0. The number of nitriles is 1. The molecule has 100 valence electrons. The summed E-state index contributed by atoms with van der Waals surface area (Å²) in [5.74, 6) is -0.0947. The van der Waals surface area contributed by atoms with Crippen molar-refractivity contribution in [3.05, 3.63) is 29.8 Å². The maximum atomic E-state index is 11.7. The summed E-state index contributed by atoms with van der Waals surface area (Å²) in [4.78, 5) is 11.7. The summed E-state index contributed by atoms with van der Waals surface area (Å²) in [6, 6.07) is 8.82. The van der Waals surface area contributed by atoms with Gasteiger partial charge in [-0.25, -0.2) is 0 Å². The molecule has 0 radical (unpaired) electrons. The molecule has 0 aromatic heterocycles. The fourth-order valence-corrected chi connectivity index (χ4v) is 1.99. The Morgan fingerprint density at radius 1 is 1.42 bits per heavy atom. The summed E-state index contributed by atoms with van der Waals surface area (Å²) in [5, 5.41) is 14.5. The molecular weight excluding hydrogens is 242 g/mol. The van der Waals surface area contributed by atoms with E-state index in [9.17, 15) is 4.79 Å². The highest BCUT2D eigenvalue weighted by molar-refractivity contribution is 5.92. The second kappa shape index (κ2) is 6.88. The van der Waals surface area contributed by atoms with Crippen LogP contribution in [-0.2, 0) is 9.53 Å². The second-order valence-electron chi connectivity index (χ2n) is 4.50. The van der Waals surface area contributed by atoms with Crippen molar-refractivity contribution in [2.45, 2.75) is 18.9 Å². The molecule has 0 spiro atoms. The number of carbonyl (C=O) groups excluding carboxylic acids is 1. The fourth-order valence-electron chi connectivity index (χ4n) is 1.99. The number of nitrogens with one attached hydrogen (secondary N) is 2. The van der Waals surface area contributed by atoms with Gasteiger partial charge in [0.2, 0.25) is 5.91 Å². The lowest BCUT2D eigenvalue weighted by molar-refractivity contribution is -0.115. The van der Waals surface area contributed by atoms with Crippen LogP contribution in [-0.4, -0.2) is 31.7 Å². The van der Waals surface area contributed by atoms with Crippen molar-refractivity contribution in [2.75, 3.05) is 25.0 Å². The molecule has 1 aromatic carbocycles. The third kappa shape index (κ3) is 4.36. The number of ether oxygens (including phenoxy) is 1. The quantitative estimate of drug-likeness (QED) is 0.835. The first kappa shape index (κ1) is 13.5. The Bertz CT molecular complexity index is 459. The summed E-state index contributed by atoms with van der Waals surface area (Å²) in [6.07, 6.45) is 2.40. The number of hydrogen-bond acceptors (Lipinski definition) is 4. The van der Waals surface area contributed by atoms with Crippen LogP contribution >= 0.6 is 0 Å². The highest BCUT2D eigenvalue weighted by Gasteiger charge is 2.15. The molecule has 1 aliphatic rings. The Hall–Kier alpha value is -1.90. The van der Waals surface area contributed by atoms with Gasteiger partial charge in [-0.1, -0.05) is 0 Å². The van der Waals surface area contributed by atoms with Gasteiger partial charge >= 0.3 is 0 Å². The standard InChI is InChI=1S/C14H17N3O2/c15-8-11-3-5-12(6-4-11)17-14(18)10-16-9-13-2-1-7-19-13/h3-6,13,16H,1-2,7,9-10H2,(H,17,18). The third-order valence-corrected chi connectivity index (χ3v) is 2.98. The molecule has 1 aliphatic heterocycles. The van der Waals surface area contributed by atoms with E-state index in [0.29, 0.717) is 17.8 Å². The Balaban J connectivity index is 1.69. The first-order chi connectivity index (χ1) is 9.28. The Labute approximate surface area is 112 Å². The summed E-state index contributed by atoms with van der Waals surface area (Å²) < 4.78 is 5.45. The number of benzene rings is 1.